The molecule has 0 spiro atoms. The molecule has 0 aliphatic carbocycles. The van der Waals surface area contributed by atoms with Crippen LogP contribution in [0.5, 0.6) is 0 Å². The summed E-state index contributed by atoms with van der Waals surface area (Å²) in [5, 5.41) is 3.46. The van der Waals surface area contributed by atoms with Gasteiger partial charge in [-0.1, -0.05) is 97.6 Å². The lowest BCUT2D eigenvalue weighted by atomic mass is 9.89. The highest BCUT2D eigenvalue weighted by Gasteiger charge is 2.34. The standard InChI is InChI=1S/C37H49NOS3/c1-8-33(39)38-37(24-27-40-34(2,3)30-18-12-9-13-19-30,25-28-41-35(4,5)31-20-14-10-15-21-31)26-29-42-36(6,7)32-22-16-11-17-23-32/h8-23H,1,24-29H2,2-7H3,(H,38,39). The largest absolute Gasteiger partial charge is 0.347 e. The van der Waals surface area contributed by atoms with Crippen molar-refractivity contribution in [2.75, 3.05) is 17.3 Å². The third-order valence-corrected chi connectivity index (χ3v) is 12.2. The third kappa shape index (κ3) is 10.3. The number of thioether (sulfide) groups is 3. The molecule has 2 nitrogen and oxygen atoms in total. The Morgan fingerprint density at radius 2 is 0.881 bits per heavy atom. The molecule has 0 saturated heterocycles. The normalized spacial score (nSPS) is 12.6. The third-order valence-electron chi connectivity index (χ3n) is 8.11. The zero-order valence-corrected chi connectivity index (χ0v) is 28.8. The first kappa shape index (κ1) is 34.4. The van der Waals surface area contributed by atoms with Gasteiger partial charge in [-0.15, -0.1) is 0 Å². The van der Waals surface area contributed by atoms with Gasteiger partial charge in [0.2, 0.25) is 5.91 Å². The summed E-state index contributed by atoms with van der Waals surface area (Å²) in [4.78, 5) is 12.9. The minimum atomic E-state index is -0.315. The second kappa shape index (κ2) is 15.6. The summed E-state index contributed by atoms with van der Waals surface area (Å²) in [5.41, 5.74) is 3.67. The summed E-state index contributed by atoms with van der Waals surface area (Å²) < 4.78 is -0.0311. The lowest BCUT2D eigenvalue weighted by Crippen LogP contribution is -2.49. The lowest BCUT2D eigenvalue weighted by Gasteiger charge is -2.38. The summed E-state index contributed by atoms with van der Waals surface area (Å²) in [6, 6.07) is 32.2. The molecule has 0 unspecified atom stereocenters. The molecule has 42 heavy (non-hydrogen) atoms. The van der Waals surface area contributed by atoms with E-state index in [0.29, 0.717) is 0 Å². The quantitative estimate of drug-likeness (QED) is 0.152. The molecule has 0 radical (unpaired) electrons. The average Bonchev–Trinajstić information content (AvgIpc) is 2.98. The van der Waals surface area contributed by atoms with Crippen LogP contribution < -0.4 is 5.32 Å². The highest BCUT2D eigenvalue weighted by atomic mass is 32.2. The molecule has 0 bridgehead atoms. The fraction of sp³-hybridized carbons (Fsp3) is 0.432. The highest BCUT2D eigenvalue weighted by Crippen LogP contribution is 2.42. The molecular weight excluding hydrogens is 571 g/mol. The molecule has 3 rings (SSSR count). The van der Waals surface area contributed by atoms with Gasteiger partial charge in [0.25, 0.3) is 0 Å². The van der Waals surface area contributed by atoms with Crippen LogP contribution in [0.4, 0.5) is 0 Å². The van der Waals surface area contributed by atoms with Crippen molar-refractivity contribution < 1.29 is 4.79 Å². The van der Waals surface area contributed by atoms with Gasteiger partial charge in [0, 0.05) is 19.8 Å². The molecule has 5 heteroatoms. The molecule has 1 N–H and O–H groups in total. The zero-order valence-electron chi connectivity index (χ0n) is 26.3. The van der Waals surface area contributed by atoms with E-state index in [2.05, 4.69) is 144 Å². The van der Waals surface area contributed by atoms with Gasteiger partial charge >= 0.3 is 0 Å². The molecule has 0 saturated carbocycles. The predicted molar refractivity (Wildman–Crippen MR) is 191 cm³/mol. The first-order valence-corrected chi connectivity index (χ1v) is 17.9. The van der Waals surface area contributed by atoms with Crippen LogP contribution in [-0.4, -0.2) is 28.7 Å². The van der Waals surface area contributed by atoms with Gasteiger partial charge in [0.05, 0.1) is 0 Å². The van der Waals surface area contributed by atoms with Gasteiger partial charge in [-0.05, 0) is 101 Å². The summed E-state index contributed by atoms with van der Waals surface area (Å²) in [5.74, 6) is 2.79. The predicted octanol–water partition coefficient (Wildman–Crippen LogP) is 10.2. The zero-order chi connectivity index (χ0) is 30.7. The molecule has 3 aromatic rings. The Balaban J connectivity index is 1.79. The van der Waals surface area contributed by atoms with Crippen molar-refractivity contribution in [1.29, 1.82) is 0 Å². The molecular formula is C37H49NOS3. The van der Waals surface area contributed by atoms with Gasteiger partial charge in [0.15, 0.2) is 0 Å². The molecule has 0 heterocycles. The van der Waals surface area contributed by atoms with Gasteiger partial charge < -0.3 is 5.32 Å². The van der Waals surface area contributed by atoms with Crippen molar-refractivity contribution in [3.63, 3.8) is 0 Å². The van der Waals surface area contributed by atoms with E-state index in [1.165, 1.54) is 22.8 Å². The minimum absolute atomic E-state index is 0.0104. The lowest BCUT2D eigenvalue weighted by molar-refractivity contribution is -0.118. The average molecular weight is 620 g/mol. The fourth-order valence-corrected chi connectivity index (χ4v) is 9.07. The molecule has 226 valence electrons. The van der Waals surface area contributed by atoms with E-state index >= 15 is 0 Å². The van der Waals surface area contributed by atoms with Gasteiger partial charge in [-0.2, -0.15) is 35.3 Å². The molecule has 0 aromatic heterocycles. The Kier molecular flexibility index (Phi) is 12.8. The van der Waals surface area contributed by atoms with E-state index in [9.17, 15) is 4.79 Å². The van der Waals surface area contributed by atoms with Crippen LogP contribution >= 0.6 is 35.3 Å². The number of hydrogen-bond donors (Lipinski definition) is 1. The van der Waals surface area contributed by atoms with Gasteiger partial charge in [-0.3, -0.25) is 4.79 Å². The molecule has 0 aliphatic heterocycles. The number of amides is 1. The van der Waals surface area contributed by atoms with Crippen molar-refractivity contribution in [3.05, 3.63) is 120 Å². The smallest absolute Gasteiger partial charge is 0.243 e. The Hall–Kier alpha value is -2.08. The van der Waals surface area contributed by atoms with Crippen LogP contribution in [0.2, 0.25) is 0 Å². The van der Waals surface area contributed by atoms with Crippen molar-refractivity contribution in [3.8, 4) is 0 Å². The van der Waals surface area contributed by atoms with E-state index in [1.807, 2.05) is 35.3 Å². The molecule has 0 atom stereocenters. The maximum atomic E-state index is 12.9. The Labute approximate surface area is 268 Å². The van der Waals surface area contributed by atoms with Crippen molar-refractivity contribution in [2.24, 2.45) is 0 Å². The second-order valence-electron chi connectivity index (χ2n) is 12.4. The van der Waals surface area contributed by atoms with Crippen LogP contribution in [0.15, 0.2) is 104 Å². The summed E-state index contributed by atoms with van der Waals surface area (Å²) in [6.45, 7) is 17.6. The van der Waals surface area contributed by atoms with Crippen LogP contribution in [0.1, 0.15) is 77.5 Å². The molecule has 3 aromatic carbocycles. The fourth-order valence-electron chi connectivity index (χ4n) is 5.15. The Bertz CT molecular complexity index is 1100. The number of carbonyl (C=O) groups is 1. The van der Waals surface area contributed by atoms with Crippen LogP contribution in [0.25, 0.3) is 0 Å². The minimum Gasteiger partial charge on any atom is -0.347 e. The number of benzene rings is 3. The van der Waals surface area contributed by atoms with Gasteiger partial charge in [-0.25, -0.2) is 0 Å². The highest BCUT2D eigenvalue weighted by molar-refractivity contribution is 8.00. The topological polar surface area (TPSA) is 29.1 Å². The molecule has 1 amide bonds. The van der Waals surface area contributed by atoms with Crippen LogP contribution in [0, 0.1) is 0 Å². The van der Waals surface area contributed by atoms with Crippen LogP contribution in [-0.2, 0) is 19.0 Å². The molecule has 0 fully saturated rings. The first-order chi connectivity index (χ1) is 19.9. The maximum Gasteiger partial charge on any atom is 0.243 e. The number of carbonyl (C=O) groups excluding carboxylic acids is 1. The van der Waals surface area contributed by atoms with Gasteiger partial charge in [0.1, 0.15) is 0 Å². The molecule has 0 aliphatic rings. The maximum absolute atomic E-state index is 12.9. The van der Waals surface area contributed by atoms with Crippen LogP contribution in [0.3, 0.4) is 0 Å². The van der Waals surface area contributed by atoms with Crippen molar-refractivity contribution in [2.45, 2.75) is 80.6 Å². The summed E-state index contributed by atoms with van der Waals surface area (Å²) in [6.07, 6.45) is 4.16. The Morgan fingerprint density at radius 1 is 0.595 bits per heavy atom. The number of hydrogen-bond acceptors (Lipinski definition) is 4. The van der Waals surface area contributed by atoms with E-state index in [-0.39, 0.29) is 25.7 Å². The van der Waals surface area contributed by atoms with E-state index in [1.54, 1.807) is 0 Å². The Morgan fingerprint density at radius 3 is 1.14 bits per heavy atom. The second-order valence-corrected chi connectivity index (χ2v) is 17.6. The SMILES string of the molecule is C=CC(=O)NC(CCSC(C)(C)c1ccccc1)(CCSC(C)(C)c1ccccc1)CCSC(C)(C)c1ccccc1. The van der Waals surface area contributed by atoms with E-state index in [0.717, 1.165) is 36.5 Å². The van der Waals surface area contributed by atoms with E-state index < -0.39 is 0 Å². The monoisotopic (exact) mass is 619 g/mol. The number of rotatable bonds is 17. The first-order valence-electron chi connectivity index (χ1n) is 14.9. The number of nitrogens with one attached hydrogen (secondary N) is 1. The van der Waals surface area contributed by atoms with Crippen molar-refractivity contribution in [1.82, 2.24) is 5.32 Å². The van der Waals surface area contributed by atoms with E-state index in [4.69, 9.17) is 0 Å². The summed E-state index contributed by atoms with van der Waals surface area (Å²) in [7, 11) is 0. The summed E-state index contributed by atoms with van der Waals surface area (Å²) >= 11 is 5.92. The van der Waals surface area contributed by atoms with Crippen molar-refractivity contribution >= 4 is 41.2 Å².